The zero-order valence-corrected chi connectivity index (χ0v) is 18.6. The number of halogens is 1. The first-order chi connectivity index (χ1) is 14.3. The number of nitrogens with one attached hydrogen (secondary N) is 1. The fraction of sp³-hybridized carbons (Fsp3) is 0.381. The maximum atomic E-state index is 13.5. The van der Waals surface area contributed by atoms with Gasteiger partial charge in [-0.3, -0.25) is 4.79 Å². The van der Waals surface area contributed by atoms with Crippen LogP contribution in [0, 0.1) is 0 Å². The number of hydrogen-bond acceptors (Lipinski definition) is 7. The summed E-state index contributed by atoms with van der Waals surface area (Å²) in [5, 5.41) is 2.77. The summed E-state index contributed by atoms with van der Waals surface area (Å²) in [5.74, 6) is -2.26. The molecule has 1 atom stereocenters. The summed E-state index contributed by atoms with van der Waals surface area (Å²) in [7, 11) is 0. The maximum Gasteiger partial charge on any atom is 0.341 e. The summed E-state index contributed by atoms with van der Waals surface area (Å²) in [4.78, 5) is 39.7. The third kappa shape index (κ3) is 3.27. The van der Waals surface area contributed by atoms with Gasteiger partial charge >= 0.3 is 11.9 Å². The van der Waals surface area contributed by atoms with Crippen molar-refractivity contribution in [3.05, 3.63) is 51.0 Å². The van der Waals surface area contributed by atoms with Crippen molar-refractivity contribution >= 4 is 39.5 Å². The molecular formula is C21H23BrN2O6. The Morgan fingerprint density at radius 3 is 2.37 bits per heavy atom. The topological polar surface area (TPSA) is 117 Å². The molecule has 160 valence electrons. The molecule has 2 aliphatic heterocycles. The van der Waals surface area contributed by atoms with E-state index in [0.29, 0.717) is 28.6 Å². The number of nitrogens with two attached hydrogens (primary N) is 1. The molecule has 30 heavy (non-hydrogen) atoms. The molecule has 0 radical (unpaired) electrons. The van der Waals surface area contributed by atoms with Crippen LogP contribution in [0.2, 0.25) is 0 Å². The van der Waals surface area contributed by atoms with Crippen LogP contribution in [0.5, 0.6) is 0 Å². The van der Waals surface area contributed by atoms with Crippen LogP contribution in [0.15, 0.2) is 45.5 Å². The van der Waals surface area contributed by atoms with Gasteiger partial charge in [0, 0.05) is 22.1 Å². The number of esters is 2. The minimum Gasteiger partial charge on any atom is -0.462 e. The molecule has 0 saturated heterocycles. The van der Waals surface area contributed by atoms with Crippen molar-refractivity contribution in [2.45, 2.75) is 39.0 Å². The molecular weight excluding hydrogens is 456 g/mol. The summed E-state index contributed by atoms with van der Waals surface area (Å²) in [6, 6.07) is 5.10. The lowest BCUT2D eigenvalue weighted by Crippen LogP contribution is -2.48. The molecule has 2 heterocycles. The zero-order chi connectivity index (χ0) is 22.1. The first-order valence-electron chi connectivity index (χ1n) is 9.70. The van der Waals surface area contributed by atoms with Crippen LogP contribution >= 0.6 is 15.9 Å². The molecule has 1 unspecified atom stereocenters. The van der Waals surface area contributed by atoms with E-state index in [4.69, 9.17) is 19.9 Å². The molecule has 0 saturated carbocycles. The molecule has 2 aliphatic rings. The first-order valence-corrected chi connectivity index (χ1v) is 10.5. The van der Waals surface area contributed by atoms with Crippen molar-refractivity contribution in [1.29, 1.82) is 0 Å². The Morgan fingerprint density at radius 2 is 1.77 bits per heavy atom. The second-order valence-electron chi connectivity index (χ2n) is 6.72. The van der Waals surface area contributed by atoms with Gasteiger partial charge in [-0.15, -0.1) is 0 Å². The molecule has 1 spiro atoms. The molecule has 3 N–H and O–H groups in total. The molecule has 9 heteroatoms. The number of carbonyl (C=O) groups is 3. The Bertz CT molecular complexity index is 984. The minimum atomic E-state index is -1.84. The number of anilines is 1. The van der Waals surface area contributed by atoms with Crippen molar-refractivity contribution in [3.63, 3.8) is 0 Å². The van der Waals surface area contributed by atoms with E-state index in [1.807, 2.05) is 6.92 Å². The number of hydrogen-bond donors (Lipinski definition) is 2. The predicted molar refractivity (Wildman–Crippen MR) is 112 cm³/mol. The summed E-state index contributed by atoms with van der Waals surface area (Å²) >= 11 is 3.41. The number of fused-ring (bicyclic) bond motifs is 2. The van der Waals surface area contributed by atoms with Crippen molar-refractivity contribution in [3.8, 4) is 0 Å². The van der Waals surface area contributed by atoms with Gasteiger partial charge in [0.15, 0.2) is 0 Å². The molecule has 0 bridgehead atoms. The molecule has 3 rings (SSSR count). The van der Waals surface area contributed by atoms with Crippen LogP contribution in [-0.4, -0.2) is 31.1 Å². The normalized spacial score (nSPS) is 20.1. The van der Waals surface area contributed by atoms with Gasteiger partial charge < -0.3 is 25.3 Å². The fourth-order valence-electron chi connectivity index (χ4n) is 3.85. The second-order valence-corrected chi connectivity index (χ2v) is 7.64. The molecule has 1 aromatic carbocycles. The quantitative estimate of drug-likeness (QED) is 0.603. The molecule has 0 aliphatic carbocycles. The Kier molecular flexibility index (Phi) is 6.21. The van der Waals surface area contributed by atoms with Gasteiger partial charge in [-0.2, -0.15) is 0 Å². The fourth-order valence-corrected chi connectivity index (χ4v) is 4.22. The average Bonchev–Trinajstić information content (AvgIpc) is 2.94. The Balaban J connectivity index is 2.43. The van der Waals surface area contributed by atoms with Crippen LogP contribution in [0.1, 0.15) is 39.2 Å². The number of benzene rings is 1. The van der Waals surface area contributed by atoms with Gasteiger partial charge in [0.25, 0.3) is 0 Å². The van der Waals surface area contributed by atoms with E-state index in [9.17, 15) is 14.4 Å². The van der Waals surface area contributed by atoms with Crippen molar-refractivity contribution in [2.24, 2.45) is 5.73 Å². The summed E-state index contributed by atoms with van der Waals surface area (Å²) in [6.07, 6.45) is 0.937. The van der Waals surface area contributed by atoms with Crippen molar-refractivity contribution in [1.82, 2.24) is 0 Å². The van der Waals surface area contributed by atoms with E-state index in [0.717, 1.165) is 0 Å². The van der Waals surface area contributed by atoms with Gasteiger partial charge in [0.1, 0.15) is 22.3 Å². The van der Waals surface area contributed by atoms with Crippen molar-refractivity contribution < 1.29 is 28.6 Å². The van der Waals surface area contributed by atoms with E-state index in [2.05, 4.69) is 21.2 Å². The van der Waals surface area contributed by atoms with Crippen LogP contribution in [0.25, 0.3) is 0 Å². The van der Waals surface area contributed by atoms with Crippen molar-refractivity contribution in [2.75, 3.05) is 18.5 Å². The van der Waals surface area contributed by atoms with Gasteiger partial charge in [0.05, 0.1) is 13.2 Å². The molecule has 1 aromatic rings. The lowest BCUT2D eigenvalue weighted by Gasteiger charge is -2.36. The van der Waals surface area contributed by atoms with E-state index < -0.39 is 23.3 Å². The Labute approximate surface area is 182 Å². The number of rotatable bonds is 6. The molecule has 8 nitrogen and oxygen atoms in total. The summed E-state index contributed by atoms with van der Waals surface area (Å²) < 4.78 is 16.8. The largest absolute Gasteiger partial charge is 0.462 e. The SMILES string of the molecule is CCCC1=C(C(=O)OCC)C2(C(=O)Nc3ccc(Br)cc32)C(C(=O)OCC)=C(N)O1. The van der Waals surface area contributed by atoms with Crippen LogP contribution in [0.3, 0.4) is 0 Å². The van der Waals surface area contributed by atoms with Gasteiger partial charge in [-0.25, -0.2) is 9.59 Å². The number of carbonyl (C=O) groups excluding carboxylic acids is 3. The van der Waals surface area contributed by atoms with Gasteiger partial charge in [-0.1, -0.05) is 22.9 Å². The van der Waals surface area contributed by atoms with Crippen LogP contribution in [-0.2, 0) is 34.0 Å². The van der Waals surface area contributed by atoms with E-state index in [-0.39, 0.29) is 36.0 Å². The van der Waals surface area contributed by atoms with Crippen LogP contribution in [0.4, 0.5) is 5.69 Å². The molecule has 0 aromatic heterocycles. The smallest absolute Gasteiger partial charge is 0.341 e. The zero-order valence-electron chi connectivity index (χ0n) is 17.0. The Hall–Kier alpha value is -2.81. The summed E-state index contributed by atoms with van der Waals surface area (Å²) in [6.45, 7) is 5.32. The monoisotopic (exact) mass is 478 g/mol. The Morgan fingerprint density at radius 1 is 1.13 bits per heavy atom. The third-order valence-corrected chi connectivity index (χ3v) is 5.41. The number of allylic oxidation sites excluding steroid dienone is 1. The highest BCUT2D eigenvalue weighted by atomic mass is 79.9. The lowest BCUT2D eigenvalue weighted by molar-refractivity contribution is -0.143. The van der Waals surface area contributed by atoms with E-state index in [1.165, 1.54) is 0 Å². The molecule has 0 fully saturated rings. The minimum absolute atomic E-state index is 0.0545. The number of ether oxygens (including phenoxy) is 3. The average molecular weight is 479 g/mol. The maximum absolute atomic E-state index is 13.5. The standard InChI is InChI=1S/C21H23BrN2O6/c1-4-7-14-15(18(25)28-5-2)21(16(17(23)30-14)19(26)29-6-3)12-10-11(22)8-9-13(12)24-20(21)27/h8-10H,4-7,23H2,1-3H3,(H,24,27). The second kappa shape index (κ2) is 8.51. The van der Waals surface area contributed by atoms with Gasteiger partial charge in [-0.05, 0) is 38.5 Å². The number of amides is 1. The predicted octanol–water partition coefficient (Wildman–Crippen LogP) is 3.02. The summed E-state index contributed by atoms with van der Waals surface area (Å²) in [5.41, 5.74) is 4.87. The van der Waals surface area contributed by atoms with E-state index in [1.54, 1.807) is 32.0 Å². The molecule has 1 amide bonds. The highest BCUT2D eigenvalue weighted by Crippen LogP contribution is 2.53. The highest BCUT2D eigenvalue weighted by Gasteiger charge is 2.62. The first kappa shape index (κ1) is 21.9. The van der Waals surface area contributed by atoms with Crippen LogP contribution < -0.4 is 11.1 Å². The van der Waals surface area contributed by atoms with Gasteiger partial charge in [0.2, 0.25) is 11.8 Å². The lowest BCUT2D eigenvalue weighted by atomic mass is 9.67. The van der Waals surface area contributed by atoms with E-state index >= 15 is 0 Å². The third-order valence-electron chi connectivity index (χ3n) is 4.92. The highest BCUT2D eigenvalue weighted by molar-refractivity contribution is 9.10.